The lowest BCUT2D eigenvalue weighted by atomic mass is 9.88. The first-order chi connectivity index (χ1) is 7.94. The highest BCUT2D eigenvalue weighted by Gasteiger charge is 2.48. The van der Waals surface area contributed by atoms with Crippen LogP contribution < -0.4 is 0 Å². The third kappa shape index (κ3) is 2.58. The highest BCUT2D eigenvalue weighted by molar-refractivity contribution is 7.91. The van der Waals surface area contributed by atoms with Crippen molar-refractivity contribution >= 4 is 9.84 Å². The van der Waals surface area contributed by atoms with Gasteiger partial charge in [-0.15, -0.1) is 0 Å². The molecule has 0 radical (unpaired) electrons. The van der Waals surface area contributed by atoms with Gasteiger partial charge in [0.2, 0.25) is 0 Å². The average Bonchev–Trinajstić information content (AvgIpc) is 2.51. The molecule has 17 heavy (non-hydrogen) atoms. The average molecular weight is 258 g/mol. The standard InChI is InChI=1S/C13H22O3S/c1-17(15,16)12-9-6-10-13(12,14)11-7-4-2-3-5-8-11/h7,12,14H,2-6,8-10H2,1H3. The van der Waals surface area contributed by atoms with Crippen molar-refractivity contribution in [2.45, 2.75) is 62.2 Å². The molecule has 2 aliphatic rings. The minimum absolute atomic E-state index is 0.584. The quantitative estimate of drug-likeness (QED) is 0.773. The van der Waals surface area contributed by atoms with Crippen LogP contribution in [0.25, 0.3) is 0 Å². The third-order valence-electron chi connectivity index (χ3n) is 4.17. The SMILES string of the molecule is CS(=O)(=O)C1CCCC1(O)C1=CCCCCC1. The van der Waals surface area contributed by atoms with E-state index in [2.05, 4.69) is 6.08 Å². The van der Waals surface area contributed by atoms with E-state index in [1.165, 1.54) is 12.7 Å². The van der Waals surface area contributed by atoms with E-state index in [4.69, 9.17) is 0 Å². The summed E-state index contributed by atoms with van der Waals surface area (Å²) in [5.74, 6) is 0. The molecule has 1 fully saturated rings. The molecule has 3 nitrogen and oxygen atoms in total. The van der Waals surface area contributed by atoms with Gasteiger partial charge in [0.25, 0.3) is 0 Å². The molecule has 0 amide bonds. The molecule has 0 aromatic rings. The van der Waals surface area contributed by atoms with Gasteiger partial charge < -0.3 is 5.11 Å². The highest BCUT2D eigenvalue weighted by atomic mass is 32.2. The first kappa shape index (κ1) is 13.1. The summed E-state index contributed by atoms with van der Waals surface area (Å²) in [4.78, 5) is 0. The van der Waals surface area contributed by atoms with Crippen molar-refractivity contribution in [3.63, 3.8) is 0 Å². The largest absolute Gasteiger partial charge is 0.384 e. The second-order valence-electron chi connectivity index (χ2n) is 5.46. The molecule has 2 atom stereocenters. The topological polar surface area (TPSA) is 54.4 Å². The van der Waals surface area contributed by atoms with Crippen LogP contribution in [0.1, 0.15) is 51.4 Å². The van der Waals surface area contributed by atoms with Gasteiger partial charge in [0.1, 0.15) is 5.60 Å². The molecule has 0 bridgehead atoms. The molecule has 0 heterocycles. The Morgan fingerprint density at radius 3 is 2.76 bits per heavy atom. The lowest BCUT2D eigenvalue weighted by molar-refractivity contribution is 0.0851. The Morgan fingerprint density at radius 2 is 2.06 bits per heavy atom. The van der Waals surface area contributed by atoms with Crippen molar-refractivity contribution in [3.8, 4) is 0 Å². The summed E-state index contributed by atoms with van der Waals surface area (Å²) in [5, 5.41) is 10.2. The van der Waals surface area contributed by atoms with E-state index in [-0.39, 0.29) is 0 Å². The smallest absolute Gasteiger partial charge is 0.153 e. The second kappa shape index (κ2) is 4.73. The zero-order valence-electron chi connectivity index (χ0n) is 10.5. The Bertz CT molecular complexity index is 410. The number of sulfone groups is 1. The van der Waals surface area contributed by atoms with E-state index < -0.39 is 20.7 Å². The predicted molar refractivity (Wildman–Crippen MR) is 68.6 cm³/mol. The zero-order valence-corrected chi connectivity index (χ0v) is 11.3. The van der Waals surface area contributed by atoms with E-state index >= 15 is 0 Å². The van der Waals surface area contributed by atoms with E-state index in [0.717, 1.165) is 37.7 Å². The Hall–Kier alpha value is -0.350. The third-order valence-corrected chi connectivity index (χ3v) is 5.83. The number of hydrogen-bond donors (Lipinski definition) is 1. The van der Waals surface area contributed by atoms with Crippen molar-refractivity contribution in [1.29, 1.82) is 0 Å². The summed E-state index contributed by atoms with van der Waals surface area (Å²) >= 11 is 0. The van der Waals surface area contributed by atoms with E-state index in [9.17, 15) is 13.5 Å². The molecule has 2 unspecified atom stereocenters. The fourth-order valence-corrected chi connectivity index (χ4v) is 4.87. The Labute approximate surface area is 104 Å². The van der Waals surface area contributed by atoms with Gasteiger partial charge in [-0.25, -0.2) is 8.42 Å². The summed E-state index contributed by atoms with van der Waals surface area (Å²) in [7, 11) is -3.16. The van der Waals surface area contributed by atoms with E-state index in [1.807, 2.05) is 0 Å². The maximum atomic E-state index is 11.8. The highest BCUT2D eigenvalue weighted by Crippen LogP contribution is 2.42. The van der Waals surface area contributed by atoms with Gasteiger partial charge in [0.15, 0.2) is 9.84 Å². The fraction of sp³-hybridized carbons (Fsp3) is 0.846. The summed E-state index contributed by atoms with van der Waals surface area (Å²) in [5.41, 5.74) is -0.0827. The van der Waals surface area contributed by atoms with Crippen LogP contribution in [0.15, 0.2) is 11.6 Å². The van der Waals surface area contributed by atoms with E-state index in [0.29, 0.717) is 12.8 Å². The molecule has 2 aliphatic carbocycles. The number of rotatable bonds is 2. The van der Waals surface area contributed by atoms with Crippen LogP contribution in [0.3, 0.4) is 0 Å². The molecule has 98 valence electrons. The fourth-order valence-electron chi connectivity index (χ4n) is 3.30. The zero-order chi connectivity index (χ0) is 12.5. The van der Waals surface area contributed by atoms with Crippen LogP contribution in [-0.2, 0) is 9.84 Å². The van der Waals surface area contributed by atoms with Crippen LogP contribution >= 0.6 is 0 Å². The molecule has 0 aromatic heterocycles. The molecule has 1 N–H and O–H groups in total. The lowest BCUT2D eigenvalue weighted by Gasteiger charge is -2.31. The minimum Gasteiger partial charge on any atom is -0.384 e. The number of hydrogen-bond acceptors (Lipinski definition) is 3. The maximum Gasteiger partial charge on any atom is 0.153 e. The Morgan fingerprint density at radius 1 is 1.29 bits per heavy atom. The molecule has 0 spiro atoms. The lowest BCUT2D eigenvalue weighted by Crippen LogP contribution is -2.43. The summed E-state index contributed by atoms with van der Waals surface area (Å²) in [6, 6.07) is 0. The summed E-state index contributed by atoms with van der Waals surface area (Å²) in [6.07, 6.45) is 10.6. The molecule has 0 aliphatic heterocycles. The van der Waals surface area contributed by atoms with Gasteiger partial charge in [-0.1, -0.05) is 12.5 Å². The molecule has 0 aromatic carbocycles. The Kier molecular flexibility index (Phi) is 3.64. The molecule has 1 saturated carbocycles. The first-order valence-electron chi connectivity index (χ1n) is 6.55. The van der Waals surface area contributed by atoms with Crippen molar-refractivity contribution in [2.75, 3.05) is 6.26 Å². The predicted octanol–water partition coefficient (Wildman–Crippen LogP) is 2.21. The molecule has 0 saturated heterocycles. The summed E-state index contributed by atoms with van der Waals surface area (Å²) in [6.45, 7) is 0. The summed E-state index contributed by atoms with van der Waals surface area (Å²) < 4.78 is 23.6. The van der Waals surface area contributed by atoms with Crippen LogP contribution in [0.4, 0.5) is 0 Å². The van der Waals surface area contributed by atoms with Crippen LogP contribution in [0, 0.1) is 0 Å². The minimum atomic E-state index is -3.16. The molecule has 2 rings (SSSR count). The van der Waals surface area contributed by atoms with Gasteiger partial charge >= 0.3 is 0 Å². The number of allylic oxidation sites excluding steroid dienone is 1. The molecular formula is C13H22O3S. The van der Waals surface area contributed by atoms with Gasteiger partial charge in [0.05, 0.1) is 5.25 Å². The first-order valence-corrected chi connectivity index (χ1v) is 8.51. The van der Waals surface area contributed by atoms with Gasteiger partial charge in [-0.05, 0) is 50.5 Å². The van der Waals surface area contributed by atoms with Crippen molar-refractivity contribution in [1.82, 2.24) is 0 Å². The molecular weight excluding hydrogens is 236 g/mol. The van der Waals surface area contributed by atoms with Crippen molar-refractivity contribution in [2.24, 2.45) is 0 Å². The van der Waals surface area contributed by atoms with Crippen LogP contribution in [0.2, 0.25) is 0 Å². The monoisotopic (exact) mass is 258 g/mol. The van der Waals surface area contributed by atoms with Crippen molar-refractivity contribution < 1.29 is 13.5 Å². The Balaban J connectivity index is 2.30. The second-order valence-corrected chi connectivity index (χ2v) is 7.69. The number of aliphatic hydroxyl groups is 1. The maximum absolute atomic E-state index is 11.8. The van der Waals surface area contributed by atoms with Crippen LogP contribution in [-0.4, -0.2) is 30.6 Å². The van der Waals surface area contributed by atoms with Gasteiger partial charge in [0, 0.05) is 6.26 Å². The van der Waals surface area contributed by atoms with Crippen LogP contribution in [0.5, 0.6) is 0 Å². The molecule has 4 heteroatoms. The van der Waals surface area contributed by atoms with E-state index in [1.54, 1.807) is 0 Å². The van der Waals surface area contributed by atoms with Gasteiger partial charge in [-0.3, -0.25) is 0 Å². The normalized spacial score (nSPS) is 35.4. The van der Waals surface area contributed by atoms with Gasteiger partial charge in [-0.2, -0.15) is 0 Å². The van der Waals surface area contributed by atoms with Crippen molar-refractivity contribution in [3.05, 3.63) is 11.6 Å².